The Kier molecular flexibility index (Phi) is 16.9. The molecule has 0 aliphatic carbocycles. The van der Waals surface area contributed by atoms with E-state index in [-0.39, 0.29) is 24.0 Å². The minimum atomic E-state index is -0.858. The van der Waals surface area contributed by atoms with Gasteiger partial charge in [0, 0.05) is 38.3 Å². The molecule has 1 aromatic rings. The first kappa shape index (κ1) is 31.6. The SMILES string of the molecule is CNC(=O)C(CCC=O)N(C)C(=O)c1c(C=O)cccc1NCCOCCOCCOCC/C=C/C=O. The van der Waals surface area contributed by atoms with Crippen LogP contribution in [0, 0.1) is 0 Å². The number of hydrogen-bond donors (Lipinski definition) is 2. The maximum Gasteiger partial charge on any atom is 0.257 e. The molecule has 0 aliphatic rings. The van der Waals surface area contributed by atoms with Gasteiger partial charge < -0.3 is 34.5 Å². The van der Waals surface area contributed by atoms with Crippen LogP contribution in [0.1, 0.15) is 40.0 Å². The van der Waals surface area contributed by atoms with Crippen LogP contribution in [0.2, 0.25) is 0 Å². The van der Waals surface area contributed by atoms with Gasteiger partial charge in [-0.3, -0.25) is 19.2 Å². The molecule has 204 valence electrons. The first-order valence-corrected chi connectivity index (χ1v) is 12.1. The molecule has 1 unspecified atom stereocenters. The number of carbonyl (C=O) groups is 5. The third-order valence-electron chi connectivity index (χ3n) is 5.28. The zero-order valence-electron chi connectivity index (χ0n) is 21.5. The Bertz CT molecular complexity index is 891. The molecule has 2 N–H and O–H groups in total. The molecule has 1 atom stereocenters. The van der Waals surface area contributed by atoms with Crippen molar-refractivity contribution in [2.75, 3.05) is 65.6 Å². The van der Waals surface area contributed by atoms with Gasteiger partial charge in [-0.15, -0.1) is 0 Å². The van der Waals surface area contributed by atoms with Crippen molar-refractivity contribution in [2.24, 2.45) is 0 Å². The molecule has 0 fully saturated rings. The maximum atomic E-state index is 13.3. The Balaban J connectivity index is 2.54. The molecular weight excluding hydrogens is 482 g/mol. The van der Waals surface area contributed by atoms with Gasteiger partial charge in [-0.25, -0.2) is 0 Å². The van der Waals surface area contributed by atoms with E-state index in [0.717, 1.165) is 6.29 Å². The quantitative estimate of drug-likeness (QED) is 0.140. The average Bonchev–Trinajstić information content (AvgIpc) is 2.92. The molecule has 0 saturated heterocycles. The Morgan fingerprint density at radius 2 is 1.65 bits per heavy atom. The summed E-state index contributed by atoms with van der Waals surface area (Å²) in [5.74, 6) is -0.911. The standard InChI is InChI=1S/C26H37N3O8/c1-27-25(33)23(10-7-13-31)29(2)26(34)24-21(20-32)8-6-9-22(24)28-11-15-36-17-19-37-18-16-35-14-5-3-4-12-30/h3-4,6,8-9,12-13,20,23,28H,5,7,10-11,14-19H2,1-2H3,(H,27,33)/b4-3+. The van der Waals surface area contributed by atoms with Crippen molar-refractivity contribution in [1.29, 1.82) is 0 Å². The third kappa shape index (κ3) is 11.9. The zero-order chi connectivity index (χ0) is 27.3. The number of allylic oxidation sites excluding steroid dienone is 1. The lowest BCUT2D eigenvalue weighted by Crippen LogP contribution is -2.47. The molecule has 0 heterocycles. The molecular formula is C26H37N3O8. The smallest absolute Gasteiger partial charge is 0.257 e. The maximum absolute atomic E-state index is 13.3. The van der Waals surface area contributed by atoms with Gasteiger partial charge in [0.25, 0.3) is 5.91 Å². The van der Waals surface area contributed by atoms with E-state index in [0.29, 0.717) is 70.9 Å². The lowest BCUT2D eigenvalue weighted by molar-refractivity contribution is -0.125. The van der Waals surface area contributed by atoms with E-state index in [1.807, 2.05) is 0 Å². The van der Waals surface area contributed by atoms with Gasteiger partial charge in [0.05, 0.1) is 45.2 Å². The second-order valence-electron chi connectivity index (χ2n) is 7.79. The lowest BCUT2D eigenvalue weighted by Gasteiger charge is -2.28. The summed E-state index contributed by atoms with van der Waals surface area (Å²) in [6.45, 7) is 2.87. The van der Waals surface area contributed by atoms with Crippen LogP contribution >= 0.6 is 0 Å². The number of aldehydes is 3. The van der Waals surface area contributed by atoms with Crippen LogP contribution in [-0.4, -0.2) is 102 Å². The number of likely N-dealkylation sites (N-methyl/N-ethyl adjacent to an activating group) is 2. The number of anilines is 1. The van der Waals surface area contributed by atoms with E-state index in [2.05, 4.69) is 10.6 Å². The van der Waals surface area contributed by atoms with E-state index >= 15 is 0 Å². The number of carbonyl (C=O) groups excluding carboxylic acids is 5. The summed E-state index contributed by atoms with van der Waals surface area (Å²) in [6.07, 6.45) is 6.12. The van der Waals surface area contributed by atoms with E-state index in [1.165, 1.54) is 31.1 Å². The predicted molar refractivity (Wildman–Crippen MR) is 138 cm³/mol. The molecule has 0 saturated carbocycles. The number of hydrogen-bond acceptors (Lipinski definition) is 9. The molecule has 0 spiro atoms. The van der Waals surface area contributed by atoms with Crippen molar-refractivity contribution in [3.8, 4) is 0 Å². The lowest BCUT2D eigenvalue weighted by atomic mass is 10.0. The summed E-state index contributed by atoms with van der Waals surface area (Å²) in [5, 5.41) is 5.62. The van der Waals surface area contributed by atoms with Crippen molar-refractivity contribution < 1.29 is 38.2 Å². The second kappa shape index (κ2) is 19.7. The van der Waals surface area contributed by atoms with Crippen LogP contribution in [0.25, 0.3) is 0 Å². The molecule has 11 nitrogen and oxygen atoms in total. The van der Waals surface area contributed by atoms with Gasteiger partial charge in [0.15, 0.2) is 6.29 Å². The summed E-state index contributed by atoms with van der Waals surface area (Å²) in [7, 11) is 2.93. The molecule has 0 aliphatic heterocycles. The van der Waals surface area contributed by atoms with Crippen LogP contribution in [0.5, 0.6) is 0 Å². The molecule has 0 bridgehead atoms. The highest BCUT2D eigenvalue weighted by molar-refractivity contribution is 6.07. The van der Waals surface area contributed by atoms with Crippen molar-refractivity contribution in [3.05, 3.63) is 41.5 Å². The van der Waals surface area contributed by atoms with Crippen LogP contribution < -0.4 is 10.6 Å². The van der Waals surface area contributed by atoms with Gasteiger partial charge in [0.2, 0.25) is 5.91 Å². The number of nitrogens with one attached hydrogen (secondary N) is 2. The van der Waals surface area contributed by atoms with Gasteiger partial charge >= 0.3 is 0 Å². The van der Waals surface area contributed by atoms with Crippen molar-refractivity contribution in [2.45, 2.75) is 25.3 Å². The minimum absolute atomic E-state index is 0.115. The highest BCUT2D eigenvalue weighted by atomic mass is 16.5. The summed E-state index contributed by atoms with van der Waals surface area (Å²) < 4.78 is 16.3. The Morgan fingerprint density at radius 1 is 0.973 bits per heavy atom. The molecule has 37 heavy (non-hydrogen) atoms. The Hall–Kier alpha value is -3.41. The molecule has 1 rings (SSSR count). The number of rotatable bonds is 21. The van der Waals surface area contributed by atoms with Gasteiger partial charge in [-0.2, -0.15) is 0 Å². The fourth-order valence-corrected chi connectivity index (χ4v) is 3.37. The number of benzene rings is 1. The normalized spacial score (nSPS) is 11.6. The molecule has 0 aromatic heterocycles. The largest absolute Gasteiger partial charge is 0.382 e. The van der Waals surface area contributed by atoms with Crippen molar-refractivity contribution in [1.82, 2.24) is 10.2 Å². The van der Waals surface area contributed by atoms with Crippen LogP contribution in [0.15, 0.2) is 30.4 Å². The second-order valence-corrected chi connectivity index (χ2v) is 7.79. The summed E-state index contributed by atoms with van der Waals surface area (Å²) in [6, 6.07) is 4.00. The van der Waals surface area contributed by atoms with E-state index in [4.69, 9.17) is 14.2 Å². The summed E-state index contributed by atoms with van der Waals surface area (Å²) in [5.41, 5.74) is 0.765. The van der Waals surface area contributed by atoms with Gasteiger partial charge in [-0.05, 0) is 25.0 Å². The topological polar surface area (TPSA) is 140 Å². The fraction of sp³-hybridized carbons (Fsp3) is 0.500. The van der Waals surface area contributed by atoms with Crippen LogP contribution in [-0.2, 0) is 28.6 Å². The molecule has 11 heteroatoms. The molecule has 1 aromatic carbocycles. The predicted octanol–water partition coefficient (Wildman–Crippen LogP) is 1.27. The molecule has 0 radical (unpaired) electrons. The Labute approximate surface area is 217 Å². The fourth-order valence-electron chi connectivity index (χ4n) is 3.37. The minimum Gasteiger partial charge on any atom is -0.382 e. The van der Waals surface area contributed by atoms with E-state index in [9.17, 15) is 24.0 Å². The number of amides is 2. The monoisotopic (exact) mass is 519 g/mol. The first-order chi connectivity index (χ1) is 18.0. The van der Waals surface area contributed by atoms with E-state index in [1.54, 1.807) is 18.2 Å². The average molecular weight is 520 g/mol. The van der Waals surface area contributed by atoms with Crippen molar-refractivity contribution in [3.63, 3.8) is 0 Å². The number of ether oxygens (including phenoxy) is 3. The zero-order valence-corrected chi connectivity index (χ0v) is 21.5. The van der Waals surface area contributed by atoms with E-state index < -0.39 is 17.9 Å². The third-order valence-corrected chi connectivity index (χ3v) is 5.28. The highest BCUT2D eigenvalue weighted by Crippen LogP contribution is 2.22. The summed E-state index contributed by atoms with van der Waals surface area (Å²) in [4.78, 5) is 59.5. The van der Waals surface area contributed by atoms with Crippen LogP contribution in [0.3, 0.4) is 0 Å². The van der Waals surface area contributed by atoms with Gasteiger partial charge in [-0.1, -0.05) is 18.2 Å². The Morgan fingerprint density at radius 3 is 2.27 bits per heavy atom. The highest BCUT2D eigenvalue weighted by Gasteiger charge is 2.29. The van der Waals surface area contributed by atoms with Crippen molar-refractivity contribution >= 4 is 36.4 Å². The summed E-state index contributed by atoms with van der Waals surface area (Å²) >= 11 is 0. The molecule has 2 amide bonds. The van der Waals surface area contributed by atoms with Crippen LogP contribution in [0.4, 0.5) is 5.69 Å². The van der Waals surface area contributed by atoms with Gasteiger partial charge in [0.1, 0.15) is 18.6 Å². The number of nitrogens with zero attached hydrogens (tertiary/aromatic N) is 1. The first-order valence-electron chi connectivity index (χ1n) is 12.1.